The summed E-state index contributed by atoms with van der Waals surface area (Å²) in [5, 5.41) is 0. The lowest BCUT2D eigenvalue weighted by Gasteiger charge is -2.32. The molecule has 2 aromatic rings. The second-order valence-corrected chi connectivity index (χ2v) is 5.23. The molecular formula is C17H20N2O. The average Bonchev–Trinajstić information content (AvgIpc) is 2.48. The van der Waals surface area contributed by atoms with E-state index in [0.717, 1.165) is 30.9 Å². The Balaban J connectivity index is 1.91. The number of nitrogens with zero attached hydrogens (tertiary/aromatic N) is 1. The van der Waals surface area contributed by atoms with E-state index in [-0.39, 0.29) is 0 Å². The van der Waals surface area contributed by atoms with Gasteiger partial charge in [0.25, 0.3) is 0 Å². The largest absolute Gasteiger partial charge is 0.496 e. The Bertz CT molecular complexity index is 610. The zero-order valence-corrected chi connectivity index (χ0v) is 11.8. The number of benzene rings is 2. The Hall–Kier alpha value is -2.16. The molecule has 0 saturated heterocycles. The van der Waals surface area contributed by atoms with Crippen molar-refractivity contribution < 1.29 is 4.74 Å². The van der Waals surface area contributed by atoms with Gasteiger partial charge in [0.05, 0.1) is 7.11 Å². The maximum absolute atomic E-state index is 5.94. The first-order chi connectivity index (χ1) is 9.78. The predicted octanol–water partition coefficient (Wildman–Crippen LogP) is 3.23. The normalized spacial score (nSPS) is 13.9. The minimum absolute atomic E-state index is 0.829. The first-order valence-corrected chi connectivity index (χ1v) is 7.03. The standard InChI is InChI=1S/C17H20N2O/c1-20-17-7-3-2-5-14(17)12-19-10-4-6-13-8-9-15(18)11-16(13)19/h2-3,5,7-9,11H,4,6,10,12,18H2,1H3. The van der Waals surface area contributed by atoms with Gasteiger partial charge in [0.15, 0.2) is 0 Å². The molecule has 104 valence electrons. The van der Waals surface area contributed by atoms with E-state index in [0.29, 0.717) is 0 Å². The van der Waals surface area contributed by atoms with Crippen LogP contribution in [0.5, 0.6) is 5.75 Å². The van der Waals surface area contributed by atoms with E-state index in [1.807, 2.05) is 18.2 Å². The summed E-state index contributed by atoms with van der Waals surface area (Å²) >= 11 is 0. The van der Waals surface area contributed by atoms with Crippen LogP contribution in [0.1, 0.15) is 17.5 Å². The Morgan fingerprint density at radius 2 is 2.05 bits per heavy atom. The molecule has 0 unspecified atom stereocenters. The highest BCUT2D eigenvalue weighted by Gasteiger charge is 2.18. The summed E-state index contributed by atoms with van der Waals surface area (Å²) in [6, 6.07) is 14.4. The fourth-order valence-electron chi connectivity index (χ4n) is 2.87. The first kappa shape index (κ1) is 12.9. The van der Waals surface area contributed by atoms with E-state index in [1.54, 1.807) is 7.11 Å². The van der Waals surface area contributed by atoms with Crippen molar-refractivity contribution in [1.82, 2.24) is 0 Å². The number of rotatable bonds is 3. The van der Waals surface area contributed by atoms with Crippen molar-refractivity contribution in [3.8, 4) is 5.75 Å². The van der Waals surface area contributed by atoms with Crippen LogP contribution in [0.2, 0.25) is 0 Å². The molecule has 0 radical (unpaired) electrons. The smallest absolute Gasteiger partial charge is 0.123 e. The maximum Gasteiger partial charge on any atom is 0.123 e. The number of ether oxygens (including phenoxy) is 1. The molecule has 0 bridgehead atoms. The van der Waals surface area contributed by atoms with Gasteiger partial charge in [0.1, 0.15) is 5.75 Å². The van der Waals surface area contributed by atoms with Gasteiger partial charge in [-0.05, 0) is 36.6 Å². The predicted molar refractivity (Wildman–Crippen MR) is 83.2 cm³/mol. The van der Waals surface area contributed by atoms with Crippen LogP contribution in [-0.4, -0.2) is 13.7 Å². The van der Waals surface area contributed by atoms with Gasteiger partial charge < -0.3 is 15.4 Å². The number of hydrogen-bond acceptors (Lipinski definition) is 3. The second kappa shape index (κ2) is 5.45. The van der Waals surface area contributed by atoms with Crippen molar-refractivity contribution in [2.45, 2.75) is 19.4 Å². The third-order valence-electron chi connectivity index (χ3n) is 3.88. The summed E-state index contributed by atoms with van der Waals surface area (Å²) in [5.74, 6) is 0.948. The summed E-state index contributed by atoms with van der Waals surface area (Å²) in [6.07, 6.45) is 2.32. The number of para-hydroxylation sites is 1. The van der Waals surface area contributed by atoms with Gasteiger partial charge in [-0.25, -0.2) is 0 Å². The molecule has 3 heteroatoms. The summed E-state index contributed by atoms with van der Waals surface area (Å²) in [5.41, 5.74) is 10.6. The maximum atomic E-state index is 5.94. The van der Waals surface area contributed by atoms with Crippen LogP contribution in [0, 0.1) is 0 Å². The molecule has 0 saturated carbocycles. The fraction of sp³-hybridized carbons (Fsp3) is 0.294. The molecule has 0 atom stereocenters. The van der Waals surface area contributed by atoms with E-state index in [9.17, 15) is 0 Å². The van der Waals surface area contributed by atoms with Crippen LogP contribution in [0.25, 0.3) is 0 Å². The van der Waals surface area contributed by atoms with Crippen molar-refractivity contribution in [2.75, 3.05) is 24.3 Å². The topological polar surface area (TPSA) is 38.5 Å². The quantitative estimate of drug-likeness (QED) is 0.869. The molecular weight excluding hydrogens is 248 g/mol. The molecule has 0 aliphatic carbocycles. The van der Waals surface area contributed by atoms with Crippen LogP contribution >= 0.6 is 0 Å². The lowest BCUT2D eigenvalue weighted by Crippen LogP contribution is -2.29. The zero-order chi connectivity index (χ0) is 13.9. The van der Waals surface area contributed by atoms with Gasteiger partial charge >= 0.3 is 0 Å². The SMILES string of the molecule is COc1ccccc1CN1CCCc2ccc(N)cc21. The van der Waals surface area contributed by atoms with E-state index in [2.05, 4.69) is 29.2 Å². The summed E-state index contributed by atoms with van der Waals surface area (Å²) in [4.78, 5) is 2.40. The van der Waals surface area contributed by atoms with Crippen LogP contribution in [0.15, 0.2) is 42.5 Å². The van der Waals surface area contributed by atoms with Gasteiger partial charge in [0, 0.05) is 30.0 Å². The molecule has 20 heavy (non-hydrogen) atoms. The van der Waals surface area contributed by atoms with Gasteiger partial charge in [-0.2, -0.15) is 0 Å². The Morgan fingerprint density at radius 3 is 2.90 bits per heavy atom. The van der Waals surface area contributed by atoms with Crippen molar-refractivity contribution >= 4 is 11.4 Å². The highest BCUT2D eigenvalue weighted by molar-refractivity contribution is 5.63. The minimum Gasteiger partial charge on any atom is -0.496 e. The van der Waals surface area contributed by atoms with E-state index < -0.39 is 0 Å². The molecule has 3 nitrogen and oxygen atoms in total. The molecule has 1 aliphatic heterocycles. The third kappa shape index (κ3) is 2.44. The summed E-state index contributed by atoms with van der Waals surface area (Å²) in [7, 11) is 1.72. The number of anilines is 2. The Morgan fingerprint density at radius 1 is 1.20 bits per heavy atom. The average molecular weight is 268 g/mol. The van der Waals surface area contributed by atoms with E-state index in [4.69, 9.17) is 10.5 Å². The molecule has 2 aromatic carbocycles. The molecule has 3 rings (SSSR count). The molecule has 0 amide bonds. The summed E-state index contributed by atoms with van der Waals surface area (Å²) < 4.78 is 5.45. The lowest BCUT2D eigenvalue weighted by molar-refractivity contribution is 0.409. The number of nitrogen functional groups attached to an aromatic ring is 1. The lowest BCUT2D eigenvalue weighted by atomic mass is 10.0. The van der Waals surface area contributed by atoms with Crippen molar-refractivity contribution in [3.63, 3.8) is 0 Å². The van der Waals surface area contributed by atoms with Crippen LogP contribution in [0.3, 0.4) is 0 Å². The minimum atomic E-state index is 0.829. The molecule has 2 N–H and O–H groups in total. The fourth-order valence-corrected chi connectivity index (χ4v) is 2.87. The van der Waals surface area contributed by atoms with Gasteiger partial charge in [-0.1, -0.05) is 24.3 Å². The Labute approximate surface area is 120 Å². The molecule has 1 aliphatic rings. The summed E-state index contributed by atoms with van der Waals surface area (Å²) in [6.45, 7) is 1.93. The molecule has 0 aromatic heterocycles. The number of hydrogen-bond donors (Lipinski definition) is 1. The molecule has 0 spiro atoms. The highest BCUT2D eigenvalue weighted by atomic mass is 16.5. The van der Waals surface area contributed by atoms with Crippen LogP contribution < -0.4 is 15.4 Å². The van der Waals surface area contributed by atoms with Crippen molar-refractivity contribution in [3.05, 3.63) is 53.6 Å². The van der Waals surface area contributed by atoms with Crippen LogP contribution in [0.4, 0.5) is 11.4 Å². The number of fused-ring (bicyclic) bond motifs is 1. The zero-order valence-electron chi connectivity index (χ0n) is 11.8. The molecule has 0 fully saturated rings. The van der Waals surface area contributed by atoms with Crippen LogP contribution in [-0.2, 0) is 13.0 Å². The number of methoxy groups -OCH3 is 1. The Kier molecular flexibility index (Phi) is 3.50. The number of nitrogens with two attached hydrogens (primary N) is 1. The van der Waals surface area contributed by atoms with Gasteiger partial charge in [-0.3, -0.25) is 0 Å². The van der Waals surface area contributed by atoms with Gasteiger partial charge in [0.2, 0.25) is 0 Å². The highest BCUT2D eigenvalue weighted by Crippen LogP contribution is 2.31. The second-order valence-electron chi connectivity index (χ2n) is 5.23. The monoisotopic (exact) mass is 268 g/mol. The van der Waals surface area contributed by atoms with E-state index >= 15 is 0 Å². The van der Waals surface area contributed by atoms with Crippen molar-refractivity contribution in [2.24, 2.45) is 0 Å². The van der Waals surface area contributed by atoms with Crippen molar-refractivity contribution in [1.29, 1.82) is 0 Å². The van der Waals surface area contributed by atoms with E-state index in [1.165, 1.54) is 23.2 Å². The number of aryl methyl sites for hydroxylation is 1. The van der Waals surface area contributed by atoms with Gasteiger partial charge in [-0.15, -0.1) is 0 Å². The molecule has 1 heterocycles. The third-order valence-corrected chi connectivity index (χ3v) is 3.88. The first-order valence-electron chi connectivity index (χ1n) is 7.03.